The Kier molecular flexibility index (Phi) is 4.73. The molecule has 0 radical (unpaired) electrons. The van der Waals surface area contributed by atoms with E-state index in [1.165, 1.54) is 46.2 Å². The summed E-state index contributed by atoms with van der Waals surface area (Å²) in [5.41, 5.74) is 8.92. The van der Waals surface area contributed by atoms with E-state index in [1.54, 1.807) is 0 Å². The third-order valence-electron chi connectivity index (χ3n) is 4.59. The molecule has 0 aliphatic heterocycles. The molecule has 0 fully saturated rings. The molecule has 0 saturated carbocycles. The molecule has 0 bridgehead atoms. The van der Waals surface area contributed by atoms with Crippen LogP contribution in [0.3, 0.4) is 0 Å². The number of aryl methyl sites for hydroxylation is 2. The summed E-state index contributed by atoms with van der Waals surface area (Å²) >= 11 is 6.44. The molecule has 0 N–H and O–H groups in total. The third kappa shape index (κ3) is 3.28. The van der Waals surface area contributed by atoms with E-state index >= 15 is 0 Å². The fourth-order valence-corrected chi connectivity index (χ4v) is 3.59. The van der Waals surface area contributed by atoms with Crippen LogP contribution in [0.1, 0.15) is 47.6 Å². The van der Waals surface area contributed by atoms with Gasteiger partial charge in [0.15, 0.2) is 0 Å². The molecule has 1 aliphatic rings. The Morgan fingerprint density at radius 3 is 2.74 bits per heavy atom. The molecule has 118 valence electrons. The van der Waals surface area contributed by atoms with Crippen molar-refractivity contribution in [2.45, 2.75) is 39.5 Å². The van der Waals surface area contributed by atoms with Gasteiger partial charge >= 0.3 is 0 Å². The predicted molar refractivity (Wildman–Crippen MR) is 102 cm³/mol. The second-order valence-electron chi connectivity index (χ2n) is 6.40. The molecule has 1 aliphatic carbocycles. The van der Waals surface area contributed by atoms with E-state index in [4.69, 9.17) is 11.6 Å². The summed E-state index contributed by atoms with van der Waals surface area (Å²) in [7, 11) is 0. The molecule has 0 atom stereocenters. The van der Waals surface area contributed by atoms with E-state index in [-0.39, 0.29) is 0 Å². The summed E-state index contributed by atoms with van der Waals surface area (Å²) in [6.45, 7) is 8.66. The van der Waals surface area contributed by atoms with Gasteiger partial charge in [-0.15, -0.1) is 0 Å². The van der Waals surface area contributed by atoms with Gasteiger partial charge in [-0.2, -0.15) is 0 Å². The summed E-state index contributed by atoms with van der Waals surface area (Å²) in [5, 5.41) is 0.844. The molecular weight excluding hydrogens is 300 g/mol. The predicted octanol–water partition coefficient (Wildman–Crippen LogP) is 6.64. The number of halogens is 1. The van der Waals surface area contributed by atoms with Gasteiger partial charge in [0.1, 0.15) is 0 Å². The van der Waals surface area contributed by atoms with Crippen LogP contribution >= 0.6 is 11.6 Å². The Bertz CT molecular complexity index is 781. The molecule has 3 rings (SSSR count). The highest BCUT2D eigenvalue weighted by Gasteiger charge is 2.19. The van der Waals surface area contributed by atoms with Crippen LogP contribution in [0, 0.1) is 6.92 Å². The topological polar surface area (TPSA) is 0 Å². The van der Waals surface area contributed by atoms with Gasteiger partial charge in [0.25, 0.3) is 0 Å². The second-order valence-corrected chi connectivity index (χ2v) is 6.81. The Balaban J connectivity index is 2.03. The minimum Gasteiger partial charge on any atom is -0.0911 e. The van der Waals surface area contributed by atoms with Gasteiger partial charge in [0, 0.05) is 11.4 Å². The van der Waals surface area contributed by atoms with E-state index in [0.29, 0.717) is 0 Å². The fourth-order valence-electron chi connectivity index (χ4n) is 3.35. The van der Waals surface area contributed by atoms with Gasteiger partial charge in [-0.25, -0.2) is 0 Å². The Labute approximate surface area is 144 Å². The maximum absolute atomic E-state index is 6.44. The van der Waals surface area contributed by atoms with Crippen molar-refractivity contribution in [1.82, 2.24) is 0 Å². The molecule has 0 aromatic heterocycles. The first-order valence-electron chi connectivity index (χ1n) is 8.37. The van der Waals surface area contributed by atoms with Crippen molar-refractivity contribution < 1.29 is 0 Å². The van der Waals surface area contributed by atoms with Crippen molar-refractivity contribution in [3.05, 3.63) is 81.9 Å². The molecule has 2 aromatic rings. The number of hydrogen-bond donors (Lipinski definition) is 0. The molecule has 2 aromatic carbocycles. The van der Waals surface area contributed by atoms with Crippen LogP contribution in [0.5, 0.6) is 0 Å². The van der Waals surface area contributed by atoms with Gasteiger partial charge in [-0.05, 0) is 59.2 Å². The largest absolute Gasteiger partial charge is 0.0911 e. The SMILES string of the molecule is C=C1C=C(c2ccc(C)cc2CCCC)Cc2c(Cl)cccc21. The minimum atomic E-state index is 0.844. The van der Waals surface area contributed by atoms with Crippen LogP contribution in [-0.4, -0.2) is 0 Å². The van der Waals surface area contributed by atoms with E-state index < -0.39 is 0 Å². The number of allylic oxidation sites excluding steroid dienone is 3. The maximum Gasteiger partial charge on any atom is 0.0447 e. The first kappa shape index (κ1) is 16.1. The zero-order valence-electron chi connectivity index (χ0n) is 14.0. The van der Waals surface area contributed by atoms with Crippen molar-refractivity contribution in [1.29, 1.82) is 0 Å². The van der Waals surface area contributed by atoms with Gasteiger partial charge < -0.3 is 0 Å². The molecule has 1 heteroatoms. The van der Waals surface area contributed by atoms with Crippen LogP contribution in [0.15, 0.2) is 49.1 Å². The van der Waals surface area contributed by atoms with Crippen molar-refractivity contribution in [2.24, 2.45) is 0 Å². The van der Waals surface area contributed by atoms with Crippen LogP contribution in [0.4, 0.5) is 0 Å². The van der Waals surface area contributed by atoms with E-state index in [0.717, 1.165) is 23.4 Å². The number of benzene rings is 2. The maximum atomic E-state index is 6.44. The number of rotatable bonds is 4. The fraction of sp³-hybridized carbons (Fsp3) is 0.273. The van der Waals surface area contributed by atoms with E-state index in [1.807, 2.05) is 12.1 Å². The van der Waals surface area contributed by atoms with Crippen LogP contribution in [0.25, 0.3) is 11.1 Å². The summed E-state index contributed by atoms with van der Waals surface area (Å²) in [6, 6.07) is 12.9. The first-order valence-corrected chi connectivity index (χ1v) is 8.75. The minimum absolute atomic E-state index is 0.844. The average Bonchev–Trinajstić information content (AvgIpc) is 2.54. The molecule has 0 amide bonds. The smallest absolute Gasteiger partial charge is 0.0447 e. The third-order valence-corrected chi connectivity index (χ3v) is 4.94. The van der Waals surface area contributed by atoms with Crippen LogP contribution in [-0.2, 0) is 12.8 Å². The van der Waals surface area contributed by atoms with Crippen molar-refractivity contribution >= 4 is 22.7 Å². The average molecular weight is 323 g/mol. The normalized spacial score (nSPS) is 13.7. The molecule has 0 heterocycles. The second kappa shape index (κ2) is 6.76. The molecule has 0 spiro atoms. The lowest BCUT2D eigenvalue weighted by molar-refractivity contribution is 0.792. The van der Waals surface area contributed by atoms with Gasteiger partial charge in [-0.3, -0.25) is 0 Å². The zero-order valence-corrected chi connectivity index (χ0v) is 14.7. The number of hydrogen-bond acceptors (Lipinski definition) is 0. The monoisotopic (exact) mass is 322 g/mol. The quantitative estimate of drug-likeness (QED) is 0.591. The highest BCUT2D eigenvalue weighted by atomic mass is 35.5. The van der Waals surface area contributed by atoms with Gasteiger partial charge in [-0.1, -0.05) is 73.5 Å². The summed E-state index contributed by atoms with van der Waals surface area (Å²) in [6.07, 6.45) is 6.69. The van der Waals surface area contributed by atoms with E-state index in [2.05, 4.69) is 50.8 Å². The molecule has 0 nitrogen and oxygen atoms in total. The van der Waals surface area contributed by atoms with Crippen LogP contribution < -0.4 is 0 Å². The Morgan fingerprint density at radius 2 is 1.96 bits per heavy atom. The van der Waals surface area contributed by atoms with Crippen molar-refractivity contribution in [3.8, 4) is 0 Å². The van der Waals surface area contributed by atoms with Gasteiger partial charge in [0.2, 0.25) is 0 Å². The summed E-state index contributed by atoms with van der Waals surface area (Å²) < 4.78 is 0. The Morgan fingerprint density at radius 1 is 1.13 bits per heavy atom. The standard InChI is InChI=1S/C22H23Cl/c1-4-5-7-17-12-15(2)10-11-20(17)18-13-16(3)19-8-6-9-22(23)21(19)14-18/h6,8-13H,3-5,7,14H2,1-2H3. The van der Waals surface area contributed by atoms with Crippen molar-refractivity contribution in [2.75, 3.05) is 0 Å². The zero-order chi connectivity index (χ0) is 16.4. The van der Waals surface area contributed by atoms with Gasteiger partial charge in [0.05, 0.1) is 0 Å². The number of fused-ring (bicyclic) bond motifs is 1. The lowest BCUT2D eigenvalue weighted by atomic mass is 9.83. The number of unbranched alkanes of at least 4 members (excludes halogenated alkanes) is 1. The molecule has 0 saturated heterocycles. The molecule has 0 unspecified atom stereocenters. The highest BCUT2D eigenvalue weighted by Crippen LogP contribution is 2.37. The summed E-state index contributed by atoms with van der Waals surface area (Å²) in [5.74, 6) is 0. The van der Waals surface area contributed by atoms with Crippen molar-refractivity contribution in [3.63, 3.8) is 0 Å². The van der Waals surface area contributed by atoms with Crippen LogP contribution in [0.2, 0.25) is 5.02 Å². The highest BCUT2D eigenvalue weighted by molar-refractivity contribution is 6.31. The lowest BCUT2D eigenvalue weighted by Gasteiger charge is -2.22. The molecular formula is C22H23Cl. The first-order chi connectivity index (χ1) is 11.1. The lowest BCUT2D eigenvalue weighted by Crippen LogP contribution is -2.05. The summed E-state index contributed by atoms with van der Waals surface area (Å²) in [4.78, 5) is 0. The Hall–Kier alpha value is -1.79. The molecule has 23 heavy (non-hydrogen) atoms. The van der Waals surface area contributed by atoms with E-state index in [9.17, 15) is 0 Å².